The van der Waals surface area contributed by atoms with Crippen LogP contribution in [-0.4, -0.2) is 20.8 Å². The Morgan fingerprint density at radius 1 is 1.33 bits per heavy atom. The van der Waals surface area contributed by atoms with Gasteiger partial charge in [0.25, 0.3) is 0 Å². The lowest BCUT2D eigenvalue weighted by molar-refractivity contribution is 0.402. The molecule has 0 fully saturated rings. The van der Waals surface area contributed by atoms with Crippen molar-refractivity contribution in [2.75, 3.05) is 20.8 Å². The average molecular weight is 207 g/mol. The van der Waals surface area contributed by atoms with E-state index >= 15 is 0 Å². The molecule has 0 saturated heterocycles. The lowest BCUT2D eigenvalue weighted by Gasteiger charge is -2.11. The fraction of sp³-hybridized carbons (Fsp3) is 0.333. The molecule has 0 aliphatic heterocycles. The van der Waals surface area contributed by atoms with Gasteiger partial charge in [-0.25, -0.2) is 0 Å². The first-order valence-corrected chi connectivity index (χ1v) is 4.83. The third-order valence-electron chi connectivity index (χ3n) is 2.23. The Balaban J connectivity index is 3.05. The van der Waals surface area contributed by atoms with E-state index in [0.717, 1.165) is 29.1 Å². The van der Waals surface area contributed by atoms with E-state index in [0.29, 0.717) is 6.54 Å². The minimum absolute atomic E-state index is 0.583. The number of nitrogens with two attached hydrogens (primary N) is 1. The van der Waals surface area contributed by atoms with Crippen molar-refractivity contribution in [2.45, 2.75) is 6.42 Å². The first-order valence-electron chi connectivity index (χ1n) is 4.83. The summed E-state index contributed by atoms with van der Waals surface area (Å²) in [6, 6.07) is 5.64. The molecule has 0 bridgehead atoms. The van der Waals surface area contributed by atoms with E-state index in [9.17, 15) is 0 Å². The third-order valence-corrected chi connectivity index (χ3v) is 2.23. The van der Waals surface area contributed by atoms with E-state index in [1.807, 2.05) is 18.2 Å². The number of hydrogen-bond acceptors (Lipinski definition) is 3. The maximum absolute atomic E-state index is 5.50. The van der Waals surface area contributed by atoms with Crippen molar-refractivity contribution in [2.24, 2.45) is 5.73 Å². The minimum atomic E-state index is 0.583. The summed E-state index contributed by atoms with van der Waals surface area (Å²) in [7, 11) is 3.28. The van der Waals surface area contributed by atoms with Crippen LogP contribution in [0.1, 0.15) is 12.0 Å². The van der Waals surface area contributed by atoms with Crippen LogP contribution in [0.4, 0.5) is 0 Å². The molecule has 3 heteroatoms. The molecule has 0 aromatic heterocycles. The van der Waals surface area contributed by atoms with Gasteiger partial charge in [-0.15, -0.1) is 0 Å². The van der Waals surface area contributed by atoms with Crippen molar-refractivity contribution in [3.63, 3.8) is 0 Å². The zero-order chi connectivity index (χ0) is 11.3. The molecule has 82 valence electrons. The van der Waals surface area contributed by atoms with Crippen LogP contribution < -0.4 is 15.2 Å². The maximum atomic E-state index is 5.50. The van der Waals surface area contributed by atoms with Gasteiger partial charge in [-0.05, 0) is 36.7 Å². The molecule has 15 heavy (non-hydrogen) atoms. The zero-order valence-electron chi connectivity index (χ0n) is 9.25. The van der Waals surface area contributed by atoms with Crippen LogP contribution >= 0.6 is 0 Å². The molecule has 1 aromatic carbocycles. The van der Waals surface area contributed by atoms with E-state index in [1.165, 1.54) is 0 Å². The Hall–Kier alpha value is -1.48. The second-order valence-corrected chi connectivity index (χ2v) is 3.21. The smallest absolute Gasteiger partial charge is 0.126 e. The van der Waals surface area contributed by atoms with Gasteiger partial charge >= 0.3 is 0 Å². The summed E-state index contributed by atoms with van der Waals surface area (Å²) in [5, 5.41) is 0. The molecule has 0 unspecified atom stereocenters. The molecule has 0 heterocycles. The third kappa shape index (κ3) is 2.73. The Kier molecular flexibility index (Phi) is 4.18. The van der Waals surface area contributed by atoms with Crippen LogP contribution in [0.15, 0.2) is 24.8 Å². The van der Waals surface area contributed by atoms with Crippen molar-refractivity contribution in [1.82, 2.24) is 0 Å². The highest BCUT2D eigenvalue weighted by Gasteiger charge is 2.07. The van der Waals surface area contributed by atoms with Crippen molar-refractivity contribution in [3.05, 3.63) is 30.3 Å². The summed E-state index contributed by atoms with van der Waals surface area (Å²) < 4.78 is 10.4. The minimum Gasteiger partial charge on any atom is -0.497 e. The van der Waals surface area contributed by atoms with Gasteiger partial charge in [0.1, 0.15) is 11.5 Å². The normalized spacial score (nSPS) is 9.80. The molecule has 0 aliphatic rings. The van der Waals surface area contributed by atoms with Crippen LogP contribution in [0.2, 0.25) is 0 Å². The highest BCUT2D eigenvalue weighted by atomic mass is 16.5. The van der Waals surface area contributed by atoms with Gasteiger partial charge in [0.05, 0.1) is 14.2 Å². The molecule has 1 rings (SSSR count). The molecule has 0 saturated carbocycles. The summed E-state index contributed by atoms with van der Waals surface area (Å²) >= 11 is 0. The van der Waals surface area contributed by atoms with E-state index in [1.54, 1.807) is 14.2 Å². The Morgan fingerprint density at radius 3 is 2.60 bits per heavy atom. The van der Waals surface area contributed by atoms with E-state index in [-0.39, 0.29) is 0 Å². The maximum Gasteiger partial charge on any atom is 0.126 e. The quantitative estimate of drug-likeness (QED) is 0.803. The second-order valence-electron chi connectivity index (χ2n) is 3.21. The van der Waals surface area contributed by atoms with Crippen LogP contribution in [0.5, 0.6) is 11.5 Å². The molecule has 2 N–H and O–H groups in total. The van der Waals surface area contributed by atoms with Crippen molar-refractivity contribution in [3.8, 4) is 11.5 Å². The van der Waals surface area contributed by atoms with Crippen LogP contribution in [0.3, 0.4) is 0 Å². The van der Waals surface area contributed by atoms with Crippen LogP contribution in [0.25, 0.3) is 5.57 Å². The first-order chi connectivity index (χ1) is 7.22. The number of ether oxygens (including phenoxy) is 2. The summed E-state index contributed by atoms with van der Waals surface area (Å²) in [5.41, 5.74) is 7.42. The van der Waals surface area contributed by atoms with Crippen molar-refractivity contribution < 1.29 is 9.47 Å². The monoisotopic (exact) mass is 207 g/mol. The number of benzene rings is 1. The SMILES string of the molecule is C=C(CCN)c1cc(OC)ccc1OC. The molecular formula is C12H17NO2. The van der Waals surface area contributed by atoms with Crippen molar-refractivity contribution in [1.29, 1.82) is 0 Å². The molecule has 1 aromatic rings. The largest absolute Gasteiger partial charge is 0.497 e. The molecule has 0 spiro atoms. The molecule has 0 amide bonds. The standard InChI is InChI=1S/C12H17NO2/c1-9(6-7-13)11-8-10(14-2)4-5-12(11)15-3/h4-5,8H,1,6-7,13H2,2-3H3. The first kappa shape index (κ1) is 11.6. The Morgan fingerprint density at radius 2 is 2.07 bits per heavy atom. The van der Waals surface area contributed by atoms with E-state index < -0.39 is 0 Å². The van der Waals surface area contributed by atoms with Gasteiger partial charge in [-0.3, -0.25) is 0 Å². The summed E-state index contributed by atoms with van der Waals surface area (Å²) in [6.07, 6.45) is 0.753. The van der Waals surface area contributed by atoms with Crippen LogP contribution in [0, 0.1) is 0 Å². The van der Waals surface area contributed by atoms with Gasteiger partial charge in [0.15, 0.2) is 0 Å². The highest BCUT2D eigenvalue weighted by Crippen LogP contribution is 2.30. The number of hydrogen-bond donors (Lipinski definition) is 1. The molecule has 0 radical (unpaired) electrons. The predicted octanol–water partition coefficient (Wildman–Crippen LogP) is 2.07. The van der Waals surface area contributed by atoms with Gasteiger partial charge in [-0.1, -0.05) is 6.58 Å². The summed E-state index contributed by atoms with van der Waals surface area (Å²) in [6.45, 7) is 4.57. The number of methoxy groups -OCH3 is 2. The fourth-order valence-corrected chi connectivity index (χ4v) is 1.40. The summed E-state index contributed by atoms with van der Waals surface area (Å²) in [5.74, 6) is 1.60. The average Bonchev–Trinajstić information content (AvgIpc) is 2.28. The van der Waals surface area contributed by atoms with E-state index in [4.69, 9.17) is 15.2 Å². The van der Waals surface area contributed by atoms with Crippen LogP contribution in [-0.2, 0) is 0 Å². The zero-order valence-corrected chi connectivity index (χ0v) is 9.25. The van der Waals surface area contributed by atoms with Gasteiger partial charge < -0.3 is 15.2 Å². The van der Waals surface area contributed by atoms with Crippen molar-refractivity contribution >= 4 is 5.57 Å². The summed E-state index contributed by atoms with van der Waals surface area (Å²) in [4.78, 5) is 0. The Labute approximate surface area is 90.5 Å². The molecular weight excluding hydrogens is 190 g/mol. The topological polar surface area (TPSA) is 44.5 Å². The lowest BCUT2D eigenvalue weighted by Crippen LogP contribution is -2.00. The predicted molar refractivity (Wildman–Crippen MR) is 62.3 cm³/mol. The van der Waals surface area contributed by atoms with Gasteiger partial charge in [-0.2, -0.15) is 0 Å². The molecule has 3 nitrogen and oxygen atoms in total. The second kappa shape index (κ2) is 5.41. The van der Waals surface area contributed by atoms with E-state index in [2.05, 4.69) is 6.58 Å². The highest BCUT2D eigenvalue weighted by molar-refractivity contribution is 5.70. The molecule has 0 atom stereocenters. The fourth-order valence-electron chi connectivity index (χ4n) is 1.40. The molecule has 0 aliphatic carbocycles. The Bertz CT molecular complexity index is 347. The van der Waals surface area contributed by atoms with Gasteiger partial charge in [0, 0.05) is 5.56 Å². The number of rotatable bonds is 5. The van der Waals surface area contributed by atoms with Gasteiger partial charge in [0.2, 0.25) is 0 Å². The lowest BCUT2D eigenvalue weighted by atomic mass is 10.0.